The highest BCUT2D eigenvalue weighted by molar-refractivity contribution is 7.16. The Morgan fingerprint density at radius 3 is 2.56 bits per heavy atom. The lowest BCUT2D eigenvalue weighted by molar-refractivity contribution is -0.122. The molecule has 1 aromatic heterocycles. The lowest BCUT2D eigenvalue weighted by atomic mass is 10.1. The van der Waals surface area contributed by atoms with Gasteiger partial charge in [0, 0.05) is 37.6 Å². The standard InChI is InChI=1S/C20H26ClN3O2S/c1-23(14-18-6-7-19(21)27-18)15-20(25)22-12-16-2-4-17(5-3-16)13-24-8-10-26-11-9-24/h2-7H,8-15H2,1H3,(H,22,25). The Bertz CT molecular complexity index is 729. The van der Waals surface area contributed by atoms with Crippen molar-refractivity contribution in [1.82, 2.24) is 15.1 Å². The molecule has 5 nitrogen and oxygen atoms in total. The zero-order valence-corrected chi connectivity index (χ0v) is 17.2. The van der Waals surface area contributed by atoms with Crippen molar-refractivity contribution in [1.29, 1.82) is 0 Å². The van der Waals surface area contributed by atoms with E-state index in [1.54, 1.807) is 11.3 Å². The van der Waals surface area contributed by atoms with Crippen LogP contribution in [0.2, 0.25) is 4.34 Å². The Balaban J connectivity index is 1.39. The minimum absolute atomic E-state index is 0.0255. The highest BCUT2D eigenvalue weighted by atomic mass is 35.5. The van der Waals surface area contributed by atoms with Crippen molar-refractivity contribution >= 4 is 28.8 Å². The van der Waals surface area contributed by atoms with Gasteiger partial charge in [-0.15, -0.1) is 11.3 Å². The van der Waals surface area contributed by atoms with Crippen LogP contribution in [0.4, 0.5) is 0 Å². The van der Waals surface area contributed by atoms with Gasteiger partial charge < -0.3 is 10.1 Å². The van der Waals surface area contributed by atoms with Gasteiger partial charge >= 0.3 is 0 Å². The van der Waals surface area contributed by atoms with Crippen molar-refractivity contribution < 1.29 is 9.53 Å². The van der Waals surface area contributed by atoms with E-state index in [0.717, 1.165) is 54.2 Å². The van der Waals surface area contributed by atoms with Gasteiger partial charge in [-0.3, -0.25) is 14.6 Å². The van der Waals surface area contributed by atoms with E-state index in [0.29, 0.717) is 13.1 Å². The van der Waals surface area contributed by atoms with E-state index in [4.69, 9.17) is 16.3 Å². The molecule has 146 valence electrons. The summed E-state index contributed by atoms with van der Waals surface area (Å²) in [5.74, 6) is 0.0255. The topological polar surface area (TPSA) is 44.8 Å². The van der Waals surface area contributed by atoms with E-state index < -0.39 is 0 Å². The first kappa shape index (κ1) is 20.3. The van der Waals surface area contributed by atoms with Crippen LogP contribution in [0.3, 0.4) is 0 Å². The second kappa shape index (κ2) is 10.2. The summed E-state index contributed by atoms with van der Waals surface area (Å²) < 4.78 is 6.16. The summed E-state index contributed by atoms with van der Waals surface area (Å²) in [7, 11) is 1.94. The summed E-state index contributed by atoms with van der Waals surface area (Å²) in [4.78, 5) is 17.7. The third-order valence-corrected chi connectivity index (χ3v) is 5.71. The fourth-order valence-corrected chi connectivity index (χ4v) is 4.21. The zero-order chi connectivity index (χ0) is 19.1. The lowest BCUT2D eigenvalue weighted by Crippen LogP contribution is -2.35. The number of ether oxygens (including phenoxy) is 1. The number of carbonyl (C=O) groups excluding carboxylic acids is 1. The van der Waals surface area contributed by atoms with E-state index in [-0.39, 0.29) is 5.91 Å². The first-order valence-electron chi connectivity index (χ1n) is 9.16. The van der Waals surface area contributed by atoms with Gasteiger partial charge in [-0.2, -0.15) is 0 Å². The third-order valence-electron chi connectivity index (χ3n) is 4.49. The molecule has 0 atom stereocenters. The quantitative estimate of drug-likeness (QED) is 0.730. The maximum absolute atomic E-state index is 12.2. The summed E-state index contributed by atoms with van der Waals surface area (Å²) in [6, 6.07) is 12.4. The average Bonchev–Trinajstić information content (AvgIpc) is 3.06. The van der Waals surface area contributed by atoms with E-state index in [1.807, 2.05) is 24.1 Å². The highest BCUT2D eigenvalue weighted by Crippen LogP contribution is 2.22. The summed E-state index contributed by atoms with van der Waals surface area (Å²) in [6.45, 7) is 6.21. The molecular formula is C20H26ClN3O2S. The molecule has 0 aliphatic carbocycles. The van der Waals surface area contributed by atoms with Crippen molar-refractivity contribution in [2.24, 2.45) is 0 Å². The molecule has 0 bridgehead atoms. The van der Waals surface area contributed by atoms with Gasteiger partial charge in [0.1, 0.15) is 0 Å². The number of amides is 1. The molecule has 27 heavy (non-hydrogen) atoms. The second-order valence-electron chi connectivity index (χ2n) is 6.86. The van der Waals surface area contributed by atoms with Gasteiger partial charge in [0.25, 0.3) is 0 Å². The molecule has 1 amide bonds. The fourth-order valence-electron chi connectivity index (χ4n) is 3.04. The van der Waals surface area contributed by atoms with Crippen molar-refractivity contribution in [2.45, 2.75) is 19.6 Å². The van der Waals surface area contributed by atoms with Crippen molar-refractivity contribution in [3.8, 4) is 0 Å². The Kier molecular flexibility index (Phi) is 7.67. The van der Waals surface area contributed by atoms with Gasteiger partial charge in [0.05, 0.1) is 24.1 Å². The molecule has 1 aliphatic heterocycles. The minimum Gasteiger partial charge on any atom is -0.379 e. The van der Waals surface area contributed by atoms with Gasteiger partial charge in [0.15, 0.2) is 0 Å². The molecule has 0 radical (unpaired) electrons. The Labute approximate surface area is 169 Å². The van der Waals surface area contributed by atoms with E-state index in [1.165, 1.54) is 5.56 Å². The highest BCUT2D eigenvalue weighted by Gasteiger charge is 2.11. The first-order chi connectivity index (χ1) is 13.1. The van der Waals surface area contributed by atoms with Gasteiger partial charge in [-0.1, -0.05) is 35.9 Å². The normalized spacial score (nSPS) is 15.2. The SMILES string of the molecule is CN(CC(=O)NCc1ccc(CN2CCOCC2)cc1)Cc1ccc(Cl)s1. The molecule has 0 saturated carbocycles. The van der Waals surface area contributed by atoms with E-state index in [9.17, 15) is 4.79 Å². The number of hydrogen-bond acceptors (Lipinski definition) is 5. The number of halogens is 1. The number of hydrogen-bond donors (Lipinski definition) is 1. The first-order valence-corrected chi connectivity index (χ1v) is 10.4. The second-order valence-corrected chi connectivity index (χ2v) is 8.66. The van der Waals surface area contributed by atoms with Gasteiger partial charge in [0.2, 0.25) is 5.91 Å². The average molecular weight is 408 g/mol. The van der Waals surface area contributed by atoms with Crippen LogP contribution in [0, 0.1) is 0 Å². The van der Waals surface area contributed by atoms with Crippen LogP contribution in [0.15, 0.2) is 36.4 Å². The molecule has 2 aromatic rings. The smallest absolute Gasteiger partial charge is 0.234 e. The molecule has 0 spiro atoms. The molecule has 7 heteroatoms. The van der Waals surface area contributed by atoms with E-state index in [2.05, 4.69) is 34.5 Å². The number of nitrogens with zero attached hydrogens (tertiary/aromatic N) is 2. The van der Waals surface area contributed by atoms with Crippen LogP contribution >= 0.6 is 22.9 Å². The Hall–Kier alpha value is -1.44. The third kappa shape index (κ3) is 6.90. The van der Waals surface area contributed by atoms with E-state index >= 15 is 0 Å². The van der Waals surface area contributed by atoms with Crippen LogP contribution in [0.25, 0.3) is 0 Å². The number of thiophene rings is 1. The molecular weight excluding hydrogens is 382 g/mol. The number of nitrogens with one attached hydrogen (secondary N) is 1. The summed E-state index contributed by atoms with van der Waals surface area (Å²) in [5.41, 5.74) is 2.41. The monoisotopic (exact) mass is 407 g/mol. The molecule has 0 unspecified atom stereocenters. The molecule has 1 aromatic carbocycles. The molecule has 1 aliphatic rings. The van der Waals surface area contributed by atoms with Crippen molar-refractivity contribution in [3.05, 3.63) is 56.7 Å². The van der Waals surface area contributed by atoms with Crippen molar-refractivity contribution in [2.75, 3.05) is 39.9 Å². The van der Waals surface area contributed by atoms with Crippen LogP contribution in [-0.4, -0.2) is 55.6 Å². The van der Waals surface area contributed by atoms with Crippen LogP contribution in [0.1, 0.15) is 16.0 Å². The number of morpholine rings is 1. The maximum Gasteiger partial charge on any atom is 0.234 e. The van der Waals surface area contributed by atoms with Crippen LogP contribution in [0.5, 0.6) is 0 Å². The number of carbonyl (C=O) groups is 1. The summed E-state index contributed by atoms with van der Waals surface area (Å²) in [5, 5.41) is 2.99. The molecule has 3 rings (SSSR count). The Morgan fingerprint density at radius 1 is 1.19 bits per heavy atom. The van der Waals surface area contributed by atoms with Gasteiger partial charge in [-0.05, 0) is 30.3 Å². The number of benzene rings is 1. The fraction of sp³-hybridized carbons (Fsp3) is 0.450. The predicted octanol–water partition coefficient (Wildman–Crippen LogP) is 2.98. The molecule has 1 fully saturated rings. The molecule has 2 heterocycles. The van der Waals surface area contributed by atoms with Crippen molar-refractivity contribution in [3.63, 3.8) is 0 Å². The predicted molar refractivity (Wildman–Crippen MR) is 110 cm³/mol. The summed E-state index contributed by atoms with van der Waals surface area (Å²) >= 11 is 7.49. The maximum atomic E-state index is 12.2. The summed E-state index contributed by atoms with van der Waals surface area (Å²) in [6.07, 6.45) is 0. The van der Waals surface area contributed by atoms with Crippen LogP contribution in [-0.2, 0) is 29.2 Å². The molecule has 1 saturated heterocycles. The Morgan fingerprint density at radius 2 is 1.89 bits per heavy atom. The largest absolute Gasteiger partial charge is 0.379 e. The number of rotatable bonds is 8. The van der Waals surface area contributed by atoms with Gasteiger partial charge in [-0.25, -0.2) is 0 Å². The van der Waals surface area contributed by atoms with Crippen LogP contribution < -0.4 is 5.32 Å². The number of likely N-dealkylation sites (N-methyl/N-ethyl adjacent to an activating group) is 1. The molecule has 1 N–H and O–H groups in total. The zero-order valence-electron chi connectivity index (χ0n) is 15.6. The lowest BCUT2D eigenvalue weighted by Gasteiger charge is -2.26. The minimum atomic E-state index is 0.0255.